The summed E-state index contributed by atoms with van der Waals surface area (Å²) in [6.07, 6.45) is 2.73. The van der Waals surface area contributed by atoms with Gasteiger partial charge in [0.15, 0.2) is 0 Å². The van der Waals surface area contributed by atoms with Crippen molar-refractivity contribution in [3.05, 3.63) is 54.0 Å². The molecule has 2 aromatic carbocycles. The van der Waals surface area contributed by atoms with Crippen molar-refractivity contribution in [3.8, 4) is 0 Å². The van der Waals surface area contributed by atoms with Crippen molar-refractivity contribution in [2.75, 3.05) is 0 Å². The molecule has 0 radical (unpaired) electrons. The first kappa shape index (κ1) is 15.9. The Morgan fingerprint density at radius 1 is 1.25 bits per heavy atom. The Bertz CT molecular complexity index is 605. The van der Waals surface area contributed by atoms with Crippen LogP contribution in [0.4, 0.5) is 4.39 Å². The van der Waals surface area contributed by atoms with Gasteiger partial charge in [-0.15, -0.1) is 0 Å². The van der Waals surface area contributed by atoms with Gasteiger partial charge in [-0.25, -0.2) is 4.39 Å². The standard InChI is InChI=1S/C16H18FN.CH3N/c1-3-11(2)16(10-18)14-5-4-13-9-15(17)7-6-12(13)8-14;1-2/h4-11H,3,18H2,1-2H3;2H,1H2/b16-10+;. The Morgan fingerprint density at radius 3 is 2.45 bits per heavy atom. The van der Waals surface area contributed by atoms with Crippen LogP contribution in [0.15, 0.2) is 42.6 Å². The van der Waals surface area contributed by atoms with E-state index in [0.717, 1.165) is 28.3 Å². The molecule has 20 heavy (non-hydrogen) atoms. The average molecular weight is 272 g/mol. The highest BCUT2D eigenvalue weighted by atomic mass is 19.1. The van der Waals surface area contributed by atoms with Crippen molar-refractivity contribution < 1.29 is 4.39 Å². The summed E-state index contributed by atoms with van der Waals surface area (Å²) >= 11 is 0. The van der Waals surface area contributed by atoms with Crippen LogP contribution in [0.3, 0.4) is 0 Å². The molecular weight excluding hydrogens is 251 g/mol. The van der Waals surface area contributed by atoms with Gasteiger partial charge >= 0.3 is 0 Å². The molecule has 0 aliphatic carbocycles. The molecule has 2 nitrogen and oxygen atoms in total. The predicted octanol–water partition coefficient (Wildman–Crippen LogP) is 4.59. The molecule has 0 amide bonds. The molecule has 0 heterocycles. The van der Waals surface area contributed by atoms with Crippen molar-refractivity contribution in [1.82, 2.24) is 0 Å². The lowest BCUT2D eigenvalue weighted by Gasteiger charge is -2.14. The van der Waals surface area contributed by atoms with E-state index in [4.69, 9.17) is 11.1 Å². The SMILES string of the molecule is C=N.CCC(C)/C(=C\N)c1ccc2cc(F)ccc2c1. The first-order valence-corrected chi connectivity index (χ1v) is 6.62. The minimum atomic E-state index is -0.202. The number of benzene rings is 2. The first-order chi connectivity index (χ1) is 9.65. The largest absolute Gasteiger partial charge is 0.404 e. The number of hydrogen-bond donors (Lipinski definition) is 2. The molecule has 0 fully saturated rings. The van der Waals surface area contributed by atoms with Crippen LogP contribution in [0.25, 0.3) is 16.3 Å². The van der Waals surface area contributed by atoms with Crippen LogP contribution in [-0.4, -0.2) is 6.72 Å². The van der Waals surface area contributed by atoms with Crippen LogP contribution in [0.2, 0.25) is 0 Å². The number of rotatable bonds is 3. The van der Waals surface area contributed by atoms with Gasteiger partial charge in [0.1, 0.15) is 5.82 Å². The highest BCUT2D eigenvalue weighted by molar-refractivity contribution is 5.86. The molecular formula is C17H21FN2. The van der Waals surface area contributed by atoms with Crippen molar-refractivity contribution in [2.45, 2.75) is 20.3 Å². The van der Waals surface area contributed by atoms with Gasteiger partial charge in [-0.2, -0.15) is 0 Å². The Morgan fingerprint density at radius 2 is 1.85 bits per heavy atom. The summed E-state index contributed by atoms with van der Waals surface area (Å²) in [6.45, 7) is 6.80. The third-order valence-electron chi connectivity index (χ3n) is 3.46. The van der Waals surface area contributed by atoms with Gasteiger partial charge in [0.25, 0.3) is 0 Å². The third kappa shape index (κ3) is 3.44. The molecule has 0 aromatic heterocycles. The molecule has 1 unspecified atom stereocenters. The van der Waals surface area contributed by atoms with Crippen molar-refractivity contribution >= 4 is 23.1 Å². The van der Waals surface area contributed by atoms with Gasteiger partial charge in [-0.3, -0.25) is 0 Å². The van der Waals surface area contributed by atoms with Crippen LogP contribution < -0.4 is 5.73 Å². The molecule has 0 aliphatic heterocycles. The second-order valence-electron chi connectivity index (χ2n) is 4.64. The van der Waals surface area contributed by atoms with E-state index < -0.39 is 0 Å². The molecule has 0 spiro atoms. The lowest BCUT2D eigenvalue weighted by Crippen LogP contribution is -2.00. The minimum Gasteiger partial charge on any atom is -0.404 e. The molecule has 106 valence electrons. The van der Waals surface area contributed by atoms with E-state index in [0.29, 0.717) is 5.92 Å². The zero-order valence-electron chi connectivity index (χ0n) is 12.0. The van der Waals surface area contributed by atoms with E-state index in [2.05, 4.69) is 26.6 Å². The monoisotopic (exact) mass is 272 g/mol. The smallest absolute Gasteiger partial charge is 0.123 e. The van der Waals surface area contributed by atoms with Crippen LogP contribution in [-0.2, 0) is 0 Å². The summed E-state index contributed by atoms with van der Waals surface area (Å²) in [5, 5.41) is 7.45. The van der Waals surface area contributed by atoms with Crippen LogP contribution in [0, 0.1) is 17.1 Å². The maximum atomic E-state index is 13.1. The molecule has 0 bridgehead atoms. The molecule has 2 aromatic rings. The summed E-state index contributed by atoms with van der Waals surface area (Å²) in [6, 6.07) is 10.9. The van der Waals surface area contributed by atoms with E-state index in [1.54, 1.807) is 18.3 Å². The summed E-state index contributed by atoms with van der Waals surface area (Å²) in [4.78, 5) is 0. The Kier molecular flexibility index (Phi) is 5.91. The quantitative estimate of drug-likeness (QED) is 0.789. The second-order valence-corrected chi connectivity index (χ2v) is 4.64. The van der Waals surface area contributed by atoms with Gasteiger partial charge in [-0.05, 0) is 65.4 Å². The molecule has 0 aliphatic rings. The van der Waals surface area contributed by atoms with Crippen LogP contribution in [0.1, 0.15) is 25.8 Å². The van der Waals surface area contributed by atoms with Crippen molar-refractivity contribution in [2.24, 2.45) is 11.7 Å². The van der Waals surface area contributed by atoms with E-state index in [9.17, 15) is 4.39 Å². The molecule has 0 saturated carbocycles. The number of halogens is 1. The Hall–Kier alpha value is -2.16. The second kappa shape index (κ2) is 7.43. The molecule has 2 rings (SSSR count). The third-order valence-corrected chi connectivity index (χ3v) is 3.46. The zero-order valence-corrected chi connectivity index (χ0v) is 12.0. The number of nitrogens with two attached hydrogens (primary N) is 1. The number of nitrogens with one attached hydrogen (secondary N) is 1. The normalized spacial score (nSPS) is 12.7. The van der Waals surface area contributed by atoms with E-state index in [1.807, 2.05) is 12.1 Å². The lowest BCUT2D eigenvalue weighted by molar-refractivity contribution is 0.630. The first-order valence-electron chi connectivity index (χ1n) is 6.62. The van der Waals surface area contributed by atoms with Crippen molar-refractivity contribution in [1.29, 1.82) is 5.41 Å². The van der Waals surface area contributed by atoms with Gasteiger partial charge in [-0.1, -0.05) is 32.0 Å². The fourth-order valence-electron chi connectivity index (χ4n) is 2.16. The number of fused-ring (bicyclic) bond motifs is 1. The topological polar surface area (TPSA) is 49.9 Å². The predicted molar refractivity (Wildman–Crippen MR) is 85.4 cm³/mol. The molecule has 3 heteroatoms. The summed E-state index contributed by atoms with van der Waals surface area (Å²) < 4.78 is 13.1. The lowest BCUT2D eigenvalue weighted by atomic mass is 9.91. The van der Waals surface area contributed by atoms with Gasteiger partial charge in [0, 0.05) is 0 Å². The summed E-state index contributed by atoms with van der Waals surface area (Å²) in [5.74, 6) is 0.222. The molecule has 0 saturated heterocycles. The maximum absolute atomic E-state index is 13.1. The summed E-state index contributed by atoms with van der Waals surface area (Å²) in [7, 11) is 0. The number of hydrogen-bond acceptors (Lipinski definition) is 2. The number of allylic oxidation sites excluding steroid dienone is 1. The highest BCUT2D eigenvalue weighted by Crippen LogP contribution is 2.27. The van der Waals surface area contributed by atoms with Gasteiger partial charge in [0.05, 0.1) is 0 Å². The van der Waals surface area contributed by atoms with Gasteiger partial charge in [0.2, 0.25) is 0 Å². The summed E-state index contributed by atoms with van der Waals surface area (Å²) in [5.41, 5.74) is 7.99. The Balaban J connectivity index is 0.000000956. The maximum Gasteiger partial charge on any atom is 0.123 e. The molecule has 1 atom stereocenters. The Labute approximate surface area is 119 Å². The molecule has 3 N–H and O–H groups in total. The van der Waals surface area contributed by atoms with Crippen LogP contribution >= 0.6 is 0 Å². The van der Waals surface area contributed by atoms with Gasteiger partial charge < -0.3 is 11.1 Å². The highest BCUT2D eigenvalue weighted by Gasteiger charge is 2.09. The van der Waals surface area contributed by atoms with E-state index >= 15 is 0 Å². The van der Waals surface area contributed by atoms with Crippen LogP contribution in [0.5, 0.6) is 0 Å². The van der Waals surface area contributed by atoms with Crippen molar-refractivity contribution in [3.63, 3.8) is 0 Å². The zero-order chi connectivity index (χ0) is 15.1. The van der Waals surface area contributed by atoms with E-state index in [-0.39, 0.29) is 5.82 Å². The minimum absolute atomic E-state index is 0.202. The average Bonchev–Trinajstić information content (AvgIpc) is 2.49. The fraction of sp³-hybridized carbons (Fsp3) is 0.235. The fourth-order valence-corrected chi connectivity index (χ4v) is 2.16. The van der Waals surface area contributed by atoms with E-state index in [1.165, 1.54) is 6.07 Å².